The summed E-state index contributed by atoms with van der Waals surface area (Å²) in [6, 6.07) is 8.77. The second kappa shape index (κ2) is 7.69. The Hall–Kier alpha value is -2.78. The Morgan fingerprint density at radius 1 is 1.14 bits per heavy atom. The summed E-state index contributed by atoms with van der Waals surface area (Å²) in [4.78, 5) is 17.6. The van der Waals surface area contributed by atoms with Crippen LogP contribution in [0.4, 0.5) is 8.78 Å². The molecule has 3 rings (SSSR count). The van der Waals surface area contributed by atoms with Gasteiger partial charge in [-0.3, -0.25) is 0 Å². The number of carbonyl (C=O) groups is 1. The Balaban J connectivity index is 1.95. The maximum absolute atomic E-state index is 13.8. The molecular formula is C18H13ClF2N2O4S. The number of hydrogen-bond acceptors (Lipinski definition) is 4. The molecule has 10 heteroatoms. The molecule has 28 heavy (non-hydrogen) atoms. The van der Waals surface area contributed by atoms with E-state index < -0.39 is 44.0 Å². The highest BCUT2D eigenvalue weighted by atomic mass is 35.5. The molecule has 0 aliphatic rings. The van der Waals surface area contributed by atoms with Gasteiger partial charge >= 0.3 is 5.97 Å². The van der Waals surface area contributed by atoms with Crippen molar-refractivity contribution in [1.29, 1.82) is 0 Å². The fourth-order valence-corrected chi connectivity index (χ4v) is 3.99. The van der Waals surface area contributed by atoms with E-state index in [1.165, 1.54) is 24.3 Å². The predicted octanol–water partition coefficient (Wildman–Crippen LogP) is 3.72. The molecule has 0 aliphatic carbocycles. The van der Waals surface area contributed by atoms with Gasteiger partial charge in [0.25, 0.3) is 0 Å². The van der Waals surface area contributed by atoms with Crippen molar-refractivity contribution in [2.75, 3.05) is 5.75 Å². The Morgan fingerprint density at radius 3 is 2.43 bits per heavy atom. The van der Waals surface area contributed by atoms with E-state index in [1.54, 1.807) is 0 Å². The summed E-state index contributed by atoms with van der Waals surface area (Å²) >= 11 is 5.90. The molecule has 0 atom stereocenters. The minimum atomic E-state index is -4.07. The molecular weight excluding hydrogens is 414 g/mol. The molecule has 0 bridgehead atoms. The van der Waals surface area contributed by atoms with Crippen LogP contribution in [-0.4, -0.2) is 35.2 Å². The first kappa shape index (κ1) is 20.0. The zero-order valence-electron chi connectivity index (χ0n) is 14.1. The number of aromatic carboxylic acids is 1. The predicted molar refractivity (Wildman–Crippen MR) is 98.1 cm³/mol. The number of rotatable bonds is 6. The third kappa shape index (κ3) is 4.05. The minimum Gasteiger partial charge on any atom is -0.477 e. The summed E-state index contributed by atoms with van der Waals surface area (Å²) in [6.45, 7) is 0. The maximum atomic E-state index is 13.8. The van der Waals surface area contributed by atoms with Gasteiger partial charge in [-0.25, -0.2) is 27.0 Å². The van der Waals surface area contributed by atoms with Gasteiger partial charge in [0.2, 0.25) is 15.0 Å². The van der Waals surface area contributed by atoms with Crippen LogP contribution in [0, 0.1) is 11.6 Å². The quantitative estimate of drug-likeness (QED) is 0.625. The highest BCUT2D eigenvalue weighted by molar-refractivity contribution is 7.91. The molecule has 0 fully saturated rings. The normalized spacial score (nSPS) is 11.5. The maximum Gasteiger partial charge on any atom is 0.354 e. The van der Waals surface area contributed by atoms with E-state index in [2.05, 4.69) is 9.97 Å². The van der Waals surface area contributed by atoms with Crippen LogP contribution >= 0.6 is 11.6 Å². The Labute approximate surface area is 163 Å². The number of imidazole rings is 1. The average molecular weight is 427 g/mol. The third-order valence-corrected chi connectivity index (χ3v) is 5.87. The summed E-state index contributed by atoms with van der Waals surface area (Å²) in [6.07, 6.45) is -0.219. The van der Waals surface area contributed by atoms with Crippen LogP contribution in [-0.2, 0) is 16.3 Å². The van der Waals surface area contributed by atoms with Crippen LogP contribution in [0.5, 0.6) is 0 Å². The Morgan fingerprint density at radius 2 is 1.82 bits per heavy atom. The van der Waals surface area contributed by atoms with E-state index in [9.17, 15) is 27.1 Å². The van der Waals surface area contributed by atoms with Crippen LogP contribution in [0.3, 0.4) is 0 Å². The van der Waals surface area contributed by atoms with Crippen LogP contribution in [0.1, 0.15) is 16.1 Å². The zero-order chi connectivity index (χ0) is 20.5. The van der Waals surface area contributed by atoms with Crippen LogP contribution in [0.15, 0.2) is 47.6 Å². The lowest BCUT2D eigenvalue weighted by atomic mass is 10.1. The number of carboxylic acids is 1. The molecule has 0 saturated heterocycles. The molecule has 146 valence electrons. The monoisotopic (exact) mass is 426 g/mol. The molecule has 0 amide bonds. The van der Waals surface area contributed by atoms with Gasteiger partial charge in [-0.15, -0.1) is 0 Å². The lowest BCUT2D eigenvalue weighted by molar-refractivity contribution is 0.0691. The van der Waals surface area contributed by atoms with Crippen molar-refractivity contribution in [2.24, 2.45) is 0 Å². The SMILES string of the molecule is O=C(O)c1[nH]c(S(=O)(=O)CCc2c(F)cccc2Cl)nc1-c1ccc(F)cc1. The molecule has 1 aromatic heterocycles. The van der Waals surface area contributed by atoms with Crippen molar-refractivity contribution in [3.63, 3.8) is 0 Å². The summed E-state index contributed by atoms with van der Waals surface area (Å²) in [7, 11) is -4.07. The fourth-order valence-electron chi connectivity index (χ4n) is 2.57. The second-order valence-corrected chi connectivity index (χ2v) is 8.28. The van der Waals surface area contributed by atoms with Crippen LogP contribution in [0.25, 0.3) is 11.3 Å². The van der Waals surface area contributed by atoms with Gasteiger partial charge < -0.3 is 10.1 Å². The number of hydrogen-bond donors (Lipinski definition) is 2. The average Bonchev–Trinajstić information content (AvgIpc) is 3.08. The summed E-state index contributed by atoms with van der Waals surface area (Å²) < 4.78 is 52.1. The molecule has 0 unspecified atom stereocenters. The van der Waals surface area contributed by atoms with E-state index in [0.717, 1.165) is 18.2 Å². The van der Waals surface area contributed by atoms with Gasteiger partial charge in [-0.1, -0.05) is 17.7 Å². The van der Waals surface area contributed by atoms with Crippen molar-refractivity contribution < 1.29 is 27.1 Å². The standard InChI is InChI=1S/C18H13ClF2N2O4S/c19-13-2-1-3-14(21)12(13)8-9-28(26,27)18-22-15(16(23-18)17(24)25)10-4-6-11(20)7-5-10/h1-7H,8-9H2,(H,22,23)(H,24,25). The van der Waals surface area contributed by atoms with E-state index in [0.29, 0.717) is 0 Å². The summed E-state index contributed by atoms with van der Waals surface area (Å²) in [5.74, 6) is -3.14. The van der Waals surface area contributed by atoms with Gasteiger partial charge in [-0.2, -0.15) is 0 Å². The number of nitrogens with zero attached hydrogens (tertiary/aromatic N) is 1. The molecule has 6 nitrogen and oxygen atoms in total. The van der Waals surface area contributed by atoms with Gasteiger partial charge in [0, 0.05) is 16.1 Å². The smallest absolute Gasteiger partial charge is 0.354 e. The number of nitrogens with one attached hydrogen (secondary N) is 1. The largest absolute Gasteiger partial charge is 0.477 e. The van der Waals surface area contributed by atoms with Crippen molar-refractivity contribution in [3.05, 3.63) is 70.4 Å². The molecule has 1 heterocycles. The Bertz CT molecular complexity index is 1120. The molecule has 2 aromatic carbocycles. The molecule has 3 aromatic rings. The van der Waals surface area contributed by atoms with E-state index in [-0.39, 0.29) is 28.3 Å². The highest BCUT2D eigenvalue weighted by Gasteiger charge is 2.26. The summed E-state index contributed by atoms with van der Waals surface area (Å²) in [5.41, 5.74) is -0.325. The third-order valence-electron chi connectivity index (χ3n) is 3.99. The molecule has 0 spiro atoms. The number of aromatic nitrogens is 2. The number of H-pyrrole nitrogens is 1. The highest BCUT2D eigenvalue weighted by Crippen LogP contribution is 2.25. The van der Waals surface area contributed by atoms with E-state index in [4.69, 9.17) is 11.6 Å². The zero-order valence-corrected chi connectivity index (χ0v) is 15.7. The van der Waals surface area contributed by atoms with Crippen molar-refractivity contribution in [3.8, 4) is 11.3 Å². The molecule has 2 N–H and O–H groups in total. The van der Waals surface area contributed by atoms with E-state index in [1.807, 2.05) is 0 Å². The fraction of sp³-hybridized carbons (Fsp3) is 0.111. The number of sulfone groups is 1. The lowest BCUT2D eigenvalue weighted by Gasteiger charge is -2.05. The van der Waals surface area contributed by atoms with Crippen molar-refractivity contribution in [2.45, 2.75) is 11.6 Å². The second-order valence-electron chi connectivity index (χ2n) is 5.85. The van der Waals surface area contributed by atoms with Crippen molar-refractivity contribution >= 4 is 27.4 Å². The van der Waals surface area contributed by atoms with Gasteiger partial charge in [-0.05, 0) is 42.8 Å². The first-order valence-corrected chi connectivity index (χ1v) is 9.97. The molecule has 0 aliphatic heterocycles. The van der Waals surface area contributed by atoms with E-state index >= 15 is 0 Å². The van der Waals surface area contributed by atoms with Gasteiger partial charge in [0.05, 0.1) is 5.75 Å². The summed E-state index contributed by atoms with van der Waals surface area (Å²) in [5, 5.41) is 8.85. The number of carboxylic acid groups (broad SMARTS) is 1. The van der Waals surface area contributed by atoms with Crippen LogP contribution in [0.2, 0.25) is 5.02 Å². The molecule has 0 radical (unpaired) electrons. The topological polar surface area (TPSA) is 100 Å². The lowest BCUT2D eigenvalue weighted by Crippen LogP contribution is -2.12. The van der Waals surface area contributed by atoms with Gasteiger partial charge in [0.1, 0.15) is 17.3 Å². The number of halogens is 3. The van der Waals surface area contributed by atoms with Crippen molar-refractivity contribution in [1.82, 2.24) is 9.97 Å². The first-order chi connectivity index (χ1) is 13.2. The Kier molecular flexibility index (Phi) is 5.48. The first-order valence-electron chi connectivity index (χ1n) is 7.94. The van der Waals surface area contributed by atoms with Gasteiger partial charge in [0.15, 0.2) is 5.69 Å². The minimum absolute atomic E-state index is 0.0384. The number of benzene rings is 2. The number of aromatic amines is 1. The molecule has 0 saturated carbocycles. The van der Waals surface area contributed by atoms with Crippen LogP contribution < -0.4 is 0 Å².